The molecule has 23 heavy (non-hydrogen) atoms. The quantitative estimate of drug-likeness (QED) is 0.848. The number of hydrogen-bond donors (Lipinski definition) is 0. The maximum atomic E-state index is 12.3. The van der Waals surface area contributed by atoms with Gasteiger partial charge in [-0.2, -0.15) is 5.10 Å². The second-order valence-electron chi connectivity index (χ2n) is 6.50. The molecule has 2 aromatic heterocycles. The largest absolute Gasteiger partial charge is 0.294 e. The summed E-state index contributed by atoms with van der Waals surface area (Å²) >= 11 is 0. The second kappa shape index (κ2) is 6.20. The molecule has 0 saturated carbocycles. The molecule has 3 heterocycles. The first-order chi connectivity index (χ1) is 11.3. The van der Waals surface area contributed by atoms with Crippen LogP contribution in [0.1, 0.15) is 36.1 Å². The molecular formula is C17H21N5O. The van der Waals surface area contributed by atoms with Crippen molar-refractivity contribution < 1.29 is 0 Å². The zero-order valence-corrected chi connectivity index (χ0v) is 13.2. The van der Waals surface area contributed by atoms with Gasteiger partial charge >= 0.3 is 0 Å². The molecule has 1 aliphatic carbocycles. The summed E-state index contributed by atoms with van der Waals surface area (Å²) in [4.78, 5) is 22.9. The van der Waals surface area contributed by atoms with Crippen molar-refractivity contribution in [2.24, 2.45) is 0 Å². The monoisotopic (exact) mass is 311 g/mol. The van der Waals surface area contributed by atoms with Crippen molar-refractivity contribution in [2.45, 2.75) is 51.2 Å². The number of nitrogens with zero attached hydrogens (tertiary/aromatic N) is 5. The molecule has 6 nitrogen and oxygen atoms in total. The first-order valence-corrected chi connectivity index (χ1v) is 8.37. The smallest absolute Gasteiger partial charge is 0.267 e. The van der Waals surface area contributed by atoms with Gasteiger partial charge < -0.3 is 0 Å². The van der Waals surface area contributed by atoms with Crippen LogP contribution in [0.2, 0.25) is 0 Å². The molecule has 0 aromatic carbocycles. The first kappa shape index (κ1) is 14.5. The highest BCUT2D eigenvalue weighted by atomic mass is 16.1. The first-order valence-electron chi connectivity index (χ1n) is 8.37. The fourth-order valence-corrected chi connectivity index (χ4v) is 3.73. The van der Waals surface area contributed by atoms with Gasteiger partial charge in [0.15, 0.2) is 0 Å². The third-order valence-electron chi connectivity index (χ3n) is 4.91. The van der Waals surface area contributed by atoms with Gasteiger partial charge in [0.1, 0.15) is 6.33 Å². The number of aromatic nitrogens is 4. The highest BCUT2D eigenvalue weighted by molar-refractivity contribution is 5.22. The molecule has 2 aromatic rings. The van der Waals surface area contributed by atoms with Crippen LogP contribution in [0.5, 0.6) is 0 Å². The number of hydrogen-bond acceptors (Lipinski definition) is 5. The lowest BCUT2D eigenvalue weighted by Gasteiger charge is -2.24. The third kappa shape index (κ3) is 3.03. The Morgan fingerprint density at radius 2 is 2.04 bits per heavy atom. The molecule has 0 N–H and O–H groups in total. The highest BCUT2D eigenvalue weighted by Gasteiger charge is 2.26. The number of aryl methyl sites for hydroxylation is 2. The average molecular weight is 311 g/mol. The van der Waals surface area contributed by atoms with Crippen LogP contribution in [0, 0.1) is 0 Å². The molecule has 1 saturated heterocycles. The van der Waals surface area contributed by atoms with Gasteiger partial charge in [0.05, 0.1) is 12.2 Å². The Balaban J connectivity index is 1.50. The highest BCUT2D eigenvalue weighted by Crippen LogP contribution is 2.21. The molecule has 0 bridgehead atoms. The molecule has 1 atom stereocenters. The van der Waals surface area contributed by atoms with Crippen LogP contribution in [0.15, 0.2) is 29.6 Å². The van der Waals surface area contributed by atoms with Crippen molar-refractivity contribution >= 4 is 0 Å². The minimum Gasteiger partial charge on any atom is -0.294 e. The summed E-state index contributed by atoms with van der Waals surface area (Å²) in [5.41, 5.74) is 3.43. The lowest BCUT2D eigenvalue weighted by molar-refractivity contribution is 0.216. The molecule has 2 aliphatic rings. The van der Waals surface area contributed by atoms with E-state index < -0.39 is 0 Å². The van der Waals surface area contributed by atoms with E-state index in [-0.39, 0.29) is 5.56 Å². The normalized spacial score (nSPS) is 20.8. The Morgan fingerprint density at radius 3 is 2.91 bits per heavy atom. The molecule has 1 aliphatic heterocycles. The van der Waals surface area contributed by atoms with Crippen LogP contribution in [0.3, 0.4) is 0 Å². The van der Waals surface area contributed by atoms with Crippen molar-refractivity contribution in [2.75, 3.05) is 6.54 Å². The van der Waals surface area contributed by atoms with E-state index in [4.69, 9.17) is 0 Å². The van der Waals surface area contributed by atoms with Crippen LogP contribution in [-0.2, 0) is 25.9 Å². The van der Waals surface area contributed by atoms with Crippen molar-refractivity contribution in [3.8, 4) is 0 Å². The Hall–Kier alpha value is -2.08. The summed E-state index contributed by atoms with van der Waals surface area (Å²) in [6.07, 6.45) is 10.7. The van der Waals surface area contributed by atoms with Gasteiger partial charge in [-0.25, -0.2) is 14.6 Å². The summed E-state index contributed by atoms with van der Waals surface area (Å²) in [5, 5.41) is 4.61. The lowest BCUT2D eigenvalue weighted by Crippen LogP contribution is -2.37. The van der Waals surface area contributed by atoms with E-state index in [0.29, 0.717) is 12.6 Å². The minimum atomic E-state index is 0.0422. The van der Waals surface area contributed by atoms with Crippen LogP contribution < -0.4 is 5.56 Å². The van der Waals surface area contributed by atoms with Crippen LogP contribution in [0.25, 0.3) is 0 Å². The topological polar surface area (TPSA) is 63.9 Å². The van der Waals surface area contributed by atoms with Crippen LogP contribution >= 0.6 is 0 Å². The molecule has 0 radical (unpaired) electrons. The summed E-state index contributed by atoms with van der Waals surface area (Å²) in [5.74, 6) is 0. The van der Waals surface area contributed by atoms with E-state index in [9.17, 15) is 4.79 Å². The molecular weight excluding hydrogens is 290 g/mol. The Kier molecular flexibility index (Phi) is 3.91. The third-order valence-corrected chi connectivity index (χ3v) is 4.91. The number of fused-ring (bicyclic) bond motifs is 1. The van der Waals surface area contributed by atoms with Crippen molar-refractivity contribution in [3.05, 3.63) is 52.0 Å². The van der Waals surface area contributed by atoms with Gasteiger partial charge in [-0.3, -0.25) is 9.69 Å². The minimum absolute atomic E-state index is 0.0422. The second-order valence-corrected chi connectivity index (χ2v) is 6.50. The molecule has 0 spiro atoms. The lowest BCUT2D eigenvalue weighted by atomic mass is 10.2. The predicted octanol–water partition coefficient (Wildman–Crippen LogP) is 1.19. The Labute approximate surface area is 135 Å². The molecule has 1 unspecified atom stereocenters. The van der Waals surface area contributed by atoms with E-state index >= 15 is 0 Å². The summed E-state index contributed by atoms with van der Waals surface area (Å²) in [6.45, 7) is 2.57. The molecule has 120 valence electrons. The van der Waals surface area contributed by atoms with E-state index in [1.54, 1.807) is 17.1 Å². The molecule has 6 heteroatoms. The fourth-order valence-electron chi connectivity index (χ4n) is 3.73. The van der Waals surface area contributed by atoms with E-state index in [0.717, 1.165) is 62.0 Å². The van der Waals surface area contributed by atoms with E-state index in [1.807, 2.05) is 12.4 Å². The zero-order valence-electron chi connectivity index (χ0n) is 13.2. The van der Waals surface area contributed by atoms with Gasteiger partial charge in [-0.05, 0) is 44.2 Å². The van der Waals surface area contributed by atoms with Gasteiger partial charge in [-0.1, -0.05) is 0 Å². The maximum absolute atomic E-state index is 12.3. The Morgan fingerprint density at radius 1 is 1.17 bits per heavy atom. The fraction of sp³-hybridized carbons (Fsp3) is 0.529. The van der Waals surface area contributed by atoms with E-state index in [1.165, 1.54) is 0 Å². The molecule has 4 rings (SSSR count). The summed E-state index contributed by atoms with van der Waals surface area (Å²) in [6, 6.07) is 2.15. The van der Waals surface area contributed by atoms with Gasteiger partial charge in [0.2, 0.25) is 0 Å². The van der Waals surface area contributed by atoms with Crippen LogP contribution in [0.4, 0.5) is 0 Å². The van der Waals surface area contributed by atoms with Gasteiger partial charge in [-0.15, -0.1) is 0 Å². The summed E-state index contributed by atoms with van der Waals surface area (Å²) < 4.78 is 1.68. The van der Waals surface area contributed by atoms with Crippen molar-refractivity contribution in [1.29, 1.82) is 0 Å². The van der Waals surface area contributed by atoms with Gasteiger partial charge in [0, 0.05) is 36.6 Å². The van der Waals surface area contributed by atoms with Crippen molar-refractivity contribution in [1.82, 2.24) is 24.6 Å². The van der Waals surface area contributed by atoms with Gasteiger partial charge in [0.25, 0.3) is 5.56 Å². The zero-order chi connectivity index (χ0) is 15.6. The Bertz CT molecular complexity index is 742. The molecule has 1 fully saturated rings. The van der Waals surface area contributed by atoms with Crippen molar-refractivity contribution in [3.63, 3.8) is 0 Å². The van der Waals surface area contributed by atoms with Crippen LogP contribution in [-0.4, -0.2) is 37.2 Å². The number of rotatable bonds is 4. The summed E-state index contributed by atoms with van der Waals surface area (Å²) in [7, 11) is 0. The predicted molar refractivity (Wildman–Crippen MR) is 86.0 cm³/mol. The standard InChI is InChI=1S/C17H21N5O/c23-17-7-14-3-1-5-16(14)20-22(17)11-15-4-2-6-21(15)10-13-8-18-12-19-9-13/h7-9,12,15H,1-6,10-11H2. The SMILES string of the molecule is O=c1cc2c(nn1CC1CCCN1Cc1cncnc1)CCC2. The van der Waals surface area contributed by atoms with E-state index in [2.05, 4.69) is 20.0 Å². The maximum Gasteiger partial charge on any atom is 0.267 e. The number of likely N-dealkylation sites (tertiary alicyclic amines) is 1. The average Bonchev–Trinajstić information content (AvgIpc) is 3.18. The molecule has 0 amide bonds.